The Balaban J connectivity index is 2.91. The number of allylic oxidation sites excluding steroid dienone is 1. The van der Waals surface area contributed by atoms with Crippen molar-refractivity contribution in [2.45, 2.75) is 26.8 Å². The van der Waals surface area contributed by atoms with E-state index in [-0.39, 0.29) is 17.6 Å². The first-order chi connectivity index (χ1) is 8.88. The molecule has 0 aliphatic carbocycles. The summed E-state index contributed by atoms with van der Waals surface area (Å²) in [6.45, 7) is 10.7. The van der Waals surface area contributed by atoms with Gasteiger partial charge in [0.15, 0.2) is 0 Å². The summed E-state index contributed by atoms with van der Waals surface area (Å²) < 4.78 is 0. The molecule has 0 bridgehead atoms. The third kappa shape index (κ3) is 3.58. The van der Waals surface area contributed by atoms with Crippen LogP contribution in [-0.2, 0) is 0 Å². The largest absolute Gasteiger partial charge is 0.508 e. The van der Waals surface area contributed by atoms with Gasteiger partial charge in [-0.2, -0.15) is 0 Å². The SMILES string of the molecule is C=C(C(=O)c1ccc(O)cc1)N(CC)N(C)C(C)C. The zero-order chi connectivity index (χ0) is 14.6. The van der Waals surface area contributed by atoms with Crippen molar-refractivity contribution < 1.29 is 9.90 Å². The number of hydrogen-bond donors (Lipinski definition) is 1. The number of ketones is 1. The summed E-state index contributed by atoms with van der Waals surface area (Å²) in [5, 5.41) is 13.1. The molecule has 19 heavy (non-hydrogen) atoms. The number of hydrogen-bond acceptors (Lipinski definition) is 4. The Bertz CT molecular complexity index is 452. The summed E-state index contributed by atoms with van der Waals surface area (Å²) in [4.78, 5) is 12.3. The van der Waals surface area contributed by atoms with E-state index in [2.05, 4.69) is 20.4 Å². The summed E-state index contributed by atoms with van der Waals surface area (Å²) in [5.74, 6) is 0.0168. The van der Waals surface area contributed by atoms with Gasteiger partial charge in [0.2, 0.25) is 5.78 Å². The number of carbonyl (C=O) groups excluding carboxylic acids is 1. The van der Waals surface area contributed by atoms with E-state index >= 15 is 0 Å². The van der Waals surface area contributed by atoms with Crippen LogP contribution in [0.15, 0.2) is 36.5 Å². The van der Waals surface area contributed by atoms with Crippen LogP contribution in [0.3, 0.4) is 0 Å². The molecule has 1 aromatic carbocycles. The quantitative estimate of drug-likeness (QED) is 0.486. The monoisotopic (exact) mass is 262 g/mol. The highest BCUT2D eigenvalue weighted by Crippen LogP contribution is 2.16. The van der Waals surface area contributed by atoms with E-state index in [9.17, 15) is 9.90 Å². The van der Waals surface area contributed by atoms with Gasteiger partial charge < -0.3 is 10.1 Å². The van der Waals surface area contributed by atoms with Crippen LogP contribution in [0.5, 0.6) is 5.75 Å². The molecule has 0 saturated carbocycles. The maximum atomic E-state index is 12.3. The van der Waals surface area contributed by atoms with Crippen LogP contribution in [0, 0.1) is 0 Å². The lowest BCUT2D eigenvalue weighted by Crippen LogP contribution is -2.44. The number of aromatic hydroxyl groups is 1. The van der Waals surface area contributed by atoms with Gasteiger partial charge in [-0.05, 0) is 45.0 Å². The fourth-order valence-electron chi connectivity index (χ4n) is 1.78. The van der Waals surface area contributed by atoms with Gasteiger partial charge >= 0.3 is 0 Å². The number of hydrazine groups is 1. The van der Waals surface area contributed by atoms with Gasteiger partial charge in [0.1, 0.15) is 5.75 Å². The molecule has 0 saturated heterocycles. The topological polar surface area (TPSA) is 43.8 Å². The number of likely N-dealkylation sites (N-methyl/N-ethyl adjacent to an activating group) is 1. The lowest BCUT2D eigenvalue weighted by Gasteiger charge is -2.36. The summed E-state index contributed by atoms with van der Waals surface area (Å²) in [7, 11) is 1.93. The predicted molar refractivity (Wildman–Crippen MR) is 76.9 cm³/mol. The van der Waals surface area contributed by atoms with Gasteiger partial charge in [-0.15, -0.1) is 0 Å². The molecule has 1 aromatic rings. The zero-order valence-corrected chi connectivity index (χ0v) is 12.1. The Hall–Kier alpha value is -1.81. The van der Waals surface area contributed by atoms with Crippen molar-refractivity contribution in [1.29, 1.82) is 0 Å². The predicted octanol–water partition coefficient (Wildman–Crippen LogP) is 2.67. The average molecular weight is 262 g/mol. The van der Waals surface area contributed by atoms with Crippen molar-refractivity contribution in [1.82, 2.24) is 10.0 Å². The summed E-state index contributed by atoms with van der Waals surface area (Å²) in [6.07, 6.45) is 0. The fraction of sp³-hybridized carbons (Fsp3) is 0.400. The third-order valence-electron chi connectivity index (χ3n) is 3.13. The van der Waals surface area contributed by atoms with E-state index in [1.807, 2.05) is 24.0 Å². The number of benzene rings is 1. The van der Waals surface area contributed by atoms with E-state index in [0.717, 1.165) is 0 Å². The first-order valence-corrected chi connectivity index (χ1v) is 6.41. The second-order valence-electron chi connectivity index (χ2n) is 4.71. The van der Waals surface area contributed by atoms with E-state index < -0.39 is 0 Å². The summed E-state index contributed by atoms with van der Waals surface area (Å²) >= 11 is 0. The van der Waals surface area contributed by atoms with Gasteiger partial charge in [0.25, 0.3) is 0 Å². The van der Waals surface area contributed by atoms with Crippen molar-refractivity contribution in [3.05, 3.63) is 42.1 Å². The van der Waals surface area contributed by atoms with Crippen molar-refractivity contribution in [2.75, 3.05) is 13.6 Å². The third-order valence-corrected chi connectivity index (χ3v) is 3.13. The van der Waals surface area contributed by atoms with E-state index in [0.29, 0.717) is 17.8 Å². The van der Waals surface area contributed by atoms with Gasteiger partial charge in [0, 0.05) is 25.2 Å². The second-order valence-corrected chi connectivity index (χ2v) is 4.71. The normalized spacial score (nSPS) is 10.8. The Morgan fingerprint density at radius 1 is 1.32 bits per heavy atom. The molecule has 0 aliphatic heterocycles. The molecule has 0 radical (unpaired) electrons. The molecule has 0 aliphatic rings. The van der Waals surface area contributed by atoms with Crippen LogP contribution < -0.4 is 0 Å². The summed E-state index contributed by atoms with van der Waals surface area (Å²) in [6, 6.07) is 6.49. The van der Waals surface area contributed by atoms with Gasteiger partial charge in [-0.1, -0.05) is 6.58 Å². The minimum absolute atomic E-state index is 0.130. The van der Waals surface area contributed by atoms with Gasteiger partial charge in [-0.3, -0.25) is 4.79 Å². The van der Waals surface area contributed by atoms with Crippen molar-refractivity contribution in [2.24, 2.45) is 0 Å². The standard InChI is InChI=1S/C15H22N2O2/c1-6-17(16(5)11(2)3)12(4)15(19)13-7-9-14(18)10-8-13/h7-11,18H,4,6H2,1-3,5H3. The smallest absolute Gasteiger partial charge is 0.209 e. The fourth-order valence-corrected chi connectivity index (χ4v) is 1.78. The average Bonchev–Trinajstić information content (AvgIpc) is 2.39. The van der Waals surface area contributed by atoms with Crippen LogP contribution in [0.25, 0.3) is 0 Å². The molecular formula is C15H22N2O2. The highest BCUT2D eigenvalue weighted by molar-refractivity contribution is 6.07. The van der Waals surface area contributed by atoms with E-state index in [4.69, 9.17) is 0 Å². The molecule has 0 heterocycles. The summed E-state index contributed by atoms with van der Waals surface area (Å²) in [5.41, 5.74) is 0.961. The minimum Gasteiger partial charge on any atom is -0.508 e. The van der Waals surface area contributed by atoms with Crippen molar-refractivity contribution in [3.63, 3.8) is 0 Å². The molecular weight excluding hydrogens is 240 g/mol. The van der Waals surface area contributed by atoms with Gasteiger partial charge in [-0.25, -0.2) is 5.01 Å². The molecule has 0 atom stereocenters. The highest BCUT2D eigenvalue weighted by atomic mass is 16.3. The molecule has 0 unspecified atom stereocenters. The molecule has 0 spiro atoms. The van der Waals surface area contributed by atoms with Crippen molar-refractivity contribution in [3.8, 4) is 5.75 Å². The number of rotatable bonds is 6. The Kier molecular flexibility index (Phi) is 5.12. The highest BCUT2D eigenvalue weighted by Gasteiger charge is 2.20. The maximum Gasteiger partial charge on any atom is 0.209 e. The van der Waals surface area contributed by atoms with E-state index in [1.54, 1.807) is 12.1 Å². The first kappa shape index (κ1) is 15.2. The number of phenols is 1. The minimum atomic E-state index is -0.130. The molecule has 0 aromatic heterocycles. The zero-order valence-electron chi connectivity index (χ0n) is 12.1. The Morgan fingerprint density at radius 3 is 2.26 bits per heavy atom. The number of Topliss-reactive ketones (excluding diaryl/α,β-unsaturated/α-hetero) is 1. The number of phenolic OH excluding ortho intramolecular Hbond substituents is 1. The van der Waals surface area contributed by atoms with Crippen LogP contribution in [0.2, 0.25) is 0 Å². The van der Waals surface area contributed by atoms with Crippen LogP contribution >= 0.6 is 0 Å². The molecule has 4 nitrogen and oxygen atoms in total. The van der Waals surface area contributed by atoms with Crippen LogP contribution in [0.1, 0.15) is 31.1 Å². The number of carbonyl (C=O) groups is 1. The van der Waals surface area contributed by atoms with Crippen molar-refractivity contribution >= 4 is 5.78 Å². The Morgan fingerprint density at radius 2 is 1.84 bits per heavy atom. The number of nitrogens with zero attached hydrogens (tertiary/aromatic N) is 2. The molecule has 4 heteroatoms. The molecule has 104 valence electrons. The van der Waals surface area contributed by atoms with Crippen LogP contribution in [-0.4, -0.2) is 40.5 Å². The molecule has 1 N–H and O–H groups in total. The Labute approximate surface area is 114 Å². The molecule has 0 fully saturated rings. The van der Waals surface area contributed by atoms with E-state index in [1.165, 1.54) is 12.1 Å². The molecule has 1 rings (SSSR count). The molecule has 0 amide bonds. The van der Waals surface area contributed by atoms with Crippen LogP contribution in [0.4, 0.5) is 0 Å². The lowest BCUT2D eigenvalue weighted by atomic mass is 10.1. The first-order valence-electron chi connectivity index (χ1n) is 6.41. The van der Waals surface area contributed by atoms with Gasteiger partial charge in [0.05, 0.1) is 5.70 Å². The second kappa shape index (κ2) is 6.38. The maximum absolute atomic E-state index is 12.3. The lowest BCUT2D eigenvalue weighted by molar-refractivity contribution is 0.0111.